The van der Waals surface area contributed by atoms with Crippen molar-refractivity contribution in [3.8, 4) is 11.5 Å². The molecule has 0 unspecified atom stereocenters. The van der Waals surface area contributed by atoms with Gasteiger partial charge < -0.3 is 20.1 Å². The Kier molecular flexibility index (Phi) is 7.06. The molecule has 2 rings (SSSR count). The van der Waals surface area contributed by atoms with Crippen LogP contribution in [-0.4, -0.2) is 57.1 Å². The molecule has 1 fully saturated rings. The SMILES string of the molecule is CNC(=O)[C@H]1CCCCN1CCC(=O)Nc1ccc(OC)cc1OC. The molecule has 138 valence electrons. The van der Waals surface area contributed by atoms with Crippen LogP contribution in [0.5, 0.6) is 11.5 Å². The van der Waals surface area contributed by atoms with Gasteiger partial charge in [0.15, 0.2) is 0 Å². The summed E-state index contributed by atoms with van der Waals surface area (Å²) in [5.41, 5.74) is 0.606. The third-order valence-electron chi connectivity index (χ3n) is 4.47. The van der Waals surface area contributed by atoms with Gasteiger partial charge in [0.25, 0.3) is 0 Å². The first-order valence-electron chi connectivity index (χ1n) is 8.56. The number of anilines is 1. The second-order valence-electron chi connectivity index (χ2n) is 6.03. The highest BCUT2D eigenvalue weighted by molar-refractivity contribution is 5.92. The summed E-state index contributed by atoms with van der Waals surface area (Å²) in [5, 5.41) is 5.57. The molecule has 1 aliphatic heterocycles. The molecule has 2 N–H and O–H groups in total. The van der Waals surface area contributed by atoms with Gasteiger partial charge in [-0.3, -0.25) is 14.5 Å². The summed E-state index contributed by atoms with van der Waals surface area (Å²) in [6, 6.07) is 5.11. The highest BCUT2D eigenvalue weighted by Gasteiger charge is 2.28. The third kappa shape index (κ3) is 5.09. The average molecular weight is 349 g/mol. The lowest BCUT2D eigenvalue weighted by atomic mass is 10.0. The lowest BCUT2D eigenvalue weighted by molar-refractivity contribution is -0.128. The number of carbonyl (C=O) groups is 2. The Bertz CT molecular complexity index is 606. The Morgan fingerprint density at radius 2 is 2.04 bits per heavy atom. The molecule has 0 radical (unpaired) electrons. The molecular formula is C18H27N3O4. The van der Waals surface area contributed by atoms with Crippen LogP contribution < -0.4 is 20.1 Å². The van der Waals surface area contributed by atoms with Crippen LogP contribution in [0.2, 0.25) is 0 Å². The number of nitrogens with zero attached hydrogens (tertiary/aromatic N) is 1. The van der Waals surface area contributed by atoms with Crippen molar-refractivity contribution in [1.29, 1.82) is 0 Å². The first-order valence-corrected chi connectivity index (χ1v) is 8.56. The normalized spacial score (nSPS) is 17.6. The number of hydrogen-bond donors (Lipinski definition) is 2. The Morgan fingerprint density at radius 3 is 2.72 bits per heavy atom. The van der Waals surface area contributed by atoms with E-state index in [-0.39, 0.29) is 17.9 Å². The number of nitrogens with one attached hydrogen (secondary N) is 2. The number of carbonyl (C=O) groups excluding carboxylic acids is 2. The maximum Gasteiger partial charge on any atom is 0.237 e. The van der Waals surface area contributed by atoms with Crippen molar-refractivity contribution in [2.75, 3.05) is 39.7 Å². The van der Waals surface area contributed by atoms with Crippen molar-refractivity contribution in [1.82, 2.24) is 10.2 Å². The van der Waals surface area contributed by atoms with Gasteiger partial charge in [0.2, 0.25) is 11.8 Å². The molecule has 1 atom stereocenters. The van der Waals surface area contributed by atoms with Crippen molar-refractivity contribution >= 4 is 17.5 Å². The average Bonchev–Trinajstić information content (AvgIpc) is 2.66. The Balaban J connectivity index is 1.92. The summed E-state index contributed by atoms with van der Waals surface area (Å²) >= 11 is 0. The van der Waals surface area contributed by atoms with E-state index >= 15 is 0 Å². The van der Waals surface area contributed by atoms with Gasteiger partial charge in [-0.1, -0.05) is 6.42 Å². The van der Waals surface area contributed by atoms with Gasteiger partial charge in [-0.05, 0) is 31.5 Å². The van der Waals surface area contributed by atoms with Crippen LogP contribution in [0.1, 0.15) is 25.7 Å². The molecule has 7 heteroatoms. The fourth-order valence-corrected chi connectivity index (χ4v) is 3.08. The molecule has 25 heavy (non-hydrogen) atoms. The Morgan fingerprint density at radius 1 is 1.24 bits per heavy atom. The van der Waals surface area contributed by atoms with Gasteiger partial charge in [0, 0.05) is 26.1 Å². The van der Waals surface area contributed by atoms with Gasteiger partial charge in [-0.25, -0.2) is 0 Å². The summed E-state index contributed by atoms with van der Waals surface area (Å²) in [6.45, 7) is 1.40. The molecule has 1 saturated heterocycles. The first kappa shape index (κ1) is 19.1. The molecule has 0 aromatic heterocycles. The van der Waals surface area contributed by atoms with Crippen LogP contribution in [0.3, 0.4) is 0 Å². The molecule has 1 heterocycles. The van der Waals surface area contributed by atoms with Crippen molar-refractivity contribution in [3.05, 3.63) is 18.2 Å². The number of benzene rings is 1. The topological polar surface area (TPSA) is 79.9 Å². The lowest BCUT2D eigenvalue weighted by Gasteiger charge is -2.34. The van der Waals surface area contributed by atoms with Crippen molar-refractivity contribution in [3.63, 3.8) is 0 Å². The summed E-state index contributed by atoms with van der Waals surface area (Å²) in [4.78, 5) is 26.4. The van der Waals surface area contributed by atoms with Gasteiger partial charge in [-0.15, -0.1) is 0 Å². The van der Waals surface area contributed by atoms with Crippen LogP contribution >= 0.6 is 0 Å². The number of hydrogen-bond acceptors (Lipinski definition) is 5. The summed E-state index contributed by atoms with van der Waals surface area (Å²) in [7, 11) is 4.78. The van der Waals surface area contributed by atoms with Crippen LogP contribution in [-0.2, 0) is 9.59 Å². The largest absolute Gasteiger partial charge is 0.497 e. The van der Waals surface area contributed by atoms with E-state index < -0.39 is 0 Å². The number of likely N-dealkylation sites (tertiary alicyclic amines) is 1. The highest BCUT2D eigenvalue weighted by Crippen LogP contribution is 2.29. The summed E-state index contributed by atoms with van der Waals surface area (Å²) < 4.78 is 10.4. The third-order valence-corrected chi connectivity index (χ3v) is 4.47. The summed E-state index contributed by atoms with van der Waals surface area (Å²) in [6.07, 6.45) is 3.27. The fraction of sp³-hybridized carbons (Fsp3) is 0.556. The van der Waals surface area contributed by atoms with E-state index in [1.807, 2.05) is 0 Å². The molecule has 0 aliphatic carbocycles. The zero-order valence-electron chi connectivity index (χ0n) is 15.1. The van der Waals surface area contributed by atoms with Crippen LogP contribution in [0.4, 0.5) is 5.69 Å². The molecule has 1 aromatic carbocycles. The lowest BCUT2D eigenvalue weighted by Crippen LogP contribution is -2.49. The van der Waals surface area contributed by atoms with Gasteiger partial charge in [0.05, 0.1) is 25.9 Å². The molecular weight excluding hydrogens is 322 g/mol. The van der Waals surface area contributed by atoms with Gasteiger partial charge in [0.1, 0.15) is 11.5 Å². The minimum atomic E-state index is -0.137. The van der Waals surface area contributed by atoms with Crippen molar-refractivity contribution in [2.45, 2.75) is 31.7 Å². The fourth-order valence-electron chi connectivity index (χ4n) is 3.08. The van der Waals surface area contributed by atoms with E-state index in [9.17, 15) is 9.59 Å². The van der Waals surface area contributed by atoms with Gasteiger partial charge >= 0.3 is 0 Å². The molecule has 7 nitrogen and oxygen atoms in total. The standard InChI is InChI=1S/C18H27N3O4/c1-19-18(23)15-6-4-5-10-21(15)11-9-17(22)20-14-8-7-13(24-2)12-16(14)25-3/h7-8,12,15H,4-6,9-11H2,1-3H3,(H,19,23)(H,20,22)/t15-/m1/s1. The molecule has 0 saturated carbocycles. The molecule has 1 aromatic rings. The Labute approximate surface area is 148 Å². The minimum Gasteiger partial charge on any atom is -0.497 e. The van der Waals surface area contributed by atoms with Crippen molar-refractivity contribution < 1.29 is 19.1 Å². The van der Waals surface area contributed by atoms with E-state index in [0.29, 0.717) is 30.2 Å². The van der Waals surface area contributed by atoms with E-state index in [4.69, 9.17) is 9.47 Å². The second-order valence-corrected chi connectivity index (χ2v) is 6.03. The number of ether oxygens (including phenoxy) is 2. The second kappa shape index (κ2) is 9.27. The highest BCUT2D eigenvalue weighted by atomic mass is 16.5. The molecule has 0 bridgehead atoms. The van der Waals surface area contributed by atoms with Crippen molar-refractivity contribution in [2.24, 2.45) is 0 Å². The number of rotatable bonds is 7. The monoisotopic (exact) mass is 349 g/mol. The zero-order chi connectivity index (χ0) is 18.2. The number of methoxy groups -OCH3 is 2. The number of piperidine rings is 1. The predicted molar refractivity (Wildman–Crippen MR) is 96.1 cm³/mol. The smallest absolute Gasteiger partial charge is 0.237 e. The van der Waals surface area contributed by atoms with Crippen LogP contribution in [0.15, 0.2) is 18.2 Å². The summed E-state index contributed by atoms with van der Waals surface area (Å²) in [5.74, 6) is 1.13. The van der Waals surface area contributed by atoms with Crippen LogP contribution in [0.25, 0.3) is 0 Å². The Hall–Kier alpha value is -2.28. The quantitative estimate of drug-likeness (QED) is 0.782. The van der Waals surface area contributed by atoms with E-state index in [1.165, 1.54) is 0 Å². The zero-order valence-corrected chi connectivity index (χ0v) is 15.1. The first-order chi connectivity index (χ1) is 12.1. The van der Waals surface area contributed by atoms with Crippen LogP contribution in [0, 0.1) is 0 Å². The van der Waals surface area contributed by atoms with E-state index in [0.717, 1.165) is 25.8 Å². The predicted octanol–water partition coefficient (Wildman–Crippen LogP) is 1.63. The van der Waals surface area contributed by atoms with Gasteiger partial charge in [-0.2, -0.15) is 0 Å². The number of likely N-dealkylation sites (N-methyl/N-ethyl adjacent to an activating group) is 1. The molecule has 0 spiro atoms. The molecule has 1 aliphatic rings. The minimum absolute atomic E-state index is 0.0249. The maximum atomic E-state index is 12.3. The van der Waals surface area contributed by atoms with E-state index in [2.05, 4.69) is 15.5 Å². The maximum absolute atomic E-state index is 12.3. The number of amides is 2. The van der Waals surface area contributed by atoms with E-state index in [1.54, 1.807) is 39.5 Å². The molecule has 2 amide bonds.